The molecule has 0 aromatic carbocycles. The van der Waals surface area contributed by atoms with Gasteiger partial charge in [-0.2, -0.15) is 0 Å². The first kappa shape index (κ1) is 14.7. The van der Waals surface area contributed by atoms with Crippen LogP contribution in [0.25, 0.3) is 0 Å². The van der Waals surface area contributed by atoms with E-state index < -0.39 is 10.0 Å². The maximum Gasteiger partial charge on any atom is 0.242 e. The molecule has 2 aromatic rings. The summed E-state index contributed by atoms with van der Waals surface area (Å²) in [6, 6.07) is 1.59. The van der Waals surface area contributed by atoms with Crippen LogP contribution >= 0.6 is 27.3 Å². The highest BCUT2D eigenvalue weighted by Gasteiger charge is 2.20. The maximum absolute atomic E-state index is 12.1. The Kier molecular flexibility index (Phi) is 4.74. The molecule has 6 nitrogen and oxygen atoms in total. The first-order chi connectivity index (χ1) is 9.03. The molecule has 4 N–H and O–H groups in total. The Bertz CT molecular complexity index is 637. The molecule has 0 saturated carbocycles. The second-order valence-corrected chi connectivity index (χ2v) is 7.97. The number of nitrogens with one attached hydrogen (secondary N) is 2. The lowest BCUT2D eigenvalue weighted by Gasteiger charge is -2.04. The SMILES string of the molecule is NCc1cc(S(=O)(=O)NCCc2cnc[nH]2)c(Br)s1. The van der Waals surface area contributed by atoms with Crippen molar-refractivity contribution >= 4 is 37.3 Å². The number of halogens is 1. The van der Waals surface area contributed by atoms with Gasteiger partial charge < -0.3 is 10.7 Å². The normalized spacial score (nSPS) is 11.9. The number of thiophene rings is 1. The lowest BCUT2D eigenvalue weighted by Crippen LogP contribution is -2.26. The first-order valence-corrected chi connectivity index (χ1v) is 8.57. The van der Waals surface area contributed by atoms with Gasteiger partial charge in [-0.15, -0.1) is 11.3 Å². The van der Waals surface area contributed by atoms with Crippen molar-refractivity contribution in [3.05, 3.63) is 32.9 Å². The van der Waals surface area contributed by atoms with Crippen molar-refractivity contribution in [2.45, 2.75) is 17.9 Å². The summed E-state index contributed by atoms with van der Waals surface area (Å²) >= 11 is 4.58. The highest BCUT2D eigenvalue weighted by Crippen LogP contribution is 2.31. The van der Waals surface area contributed by atoms with Crippen molar-refractivity contribution in [2.24, 2.45) is 5.73 Å². The summed E-state index contributed by atoms with van der Waals surface area (Å²) in [5.41, 5.74) is 6.39. The van der Waals surface area contributed by atoms with Crippen LogP contribution in [0.2, 0.25) is 0 Å². The molecule has 0 radical (unpaired) electrons. The largest absolute Gasteiger partial charge is 0.348 e. The summed E-state index contributed by atoms with van der Waals surface area (Å²) in [6.45, 7) is 0.637. The molecular formula is C10H13BrN4O2S2. The van der Waals surface area contributed by atoms with Gasteiger partial charge in [-0.3, -0.25) is 0 Å². The second kappa shape index (κ2) is 6.14. The van der Waals surface area contributed by atoms with Crippen molar-refractivity contribution in [3.63, 3.8) is 0 Å². The molecule has 0 aliphatic heterocycles. The highest BCUT2D eigenvalue weighted by atomic mass is 79.9. The van der Waals surface area contributed by atoms with Crippen LogP contribution in [0.3, 0.4) is 0 Å². The van der Waals surface area contributed by atoms with Gasteiger partial charge in [0.05, 0.1) is 10.1 Å². The lowest BCUT2D eigenvalue weighted by molar-refractivity contribution is 0.581. The Hall–Kier alpha value is -0.740. The van der Waals surface area contributed by atoms with E-state index in [1.165, 1.54) is 11.3 Å². The lowest BCUT2D eigenvalue weighted by atomic mass is 10.3. The van der Waals surface area contributed by atoms with Crippen molar-refractivity contribution < 1.29 is 8.42 Å². The summed E-state index contributed by atoms with van der Waals surface area (Å²) < 4.78 is 27.3. The third-order valence-corrected chi connectivity index (χ3v) is 6.17. The number of sulfonamides is 1. The third-order valence-electron chi connectivity index (χ3n) is 2.44. The van der Waals surface area contributed by atoms with E-state index in [0.29, 0.717) is 23.3 Å². The second-order valence-electron chi connectivity index (χ2n) is 3.78. The number of hydrogen-bond donors (Lipinski definition) is 3. The van der Waals surface area contributed by atoms with Gasteiger partial charge >= 0.3 is 0 Å². The van der Waals surface area contributed by atoms with Crippen molar-refractivity contribution in [3.8, 4) is 0 Å². The molecule has 104 valence electrons. The zero-order chi connectivity index (χ0) is 13.9. The minimum absolute atomic E-state index is 0.238. The Balaban J connectivity index is 2.03. The van der Waals surface area contributed by atoms with Gasteiger partial charge in [0.25, 0.3) is 0 Å². The van der Waals surface area contributed by atoms with Gasteiger partial charge in [0, 0.05) is 36.3 Å². The summed E-state index contributed by atoms with van der Waals surface area (Å²) in [5.74, 6) is 0. The number of nitrogens with two attached hydrogens (primary N) is 1. The van der Waals surface area contributed by atoms with Crippen molar-refractivity contribution in [1.82, 2.24) is 14.7 Å². The van der Waals surface area contributed by atoms with E-state index in [0.717, 1.165) is 10.6 Å². The maximum atomic E-state index is 12.1. The molecule has 9 heteroatoms. The zero-order valence-corrected chi connectivity index (χ0v) is 13.1. The summed E-state index contributed by atoms with van der Waals surface area (Å²) in [4.78, 5) is 7.85. The highest BCUT2D eigenvalue weighted by molar-refractivity contribution is 9.11. The number of hydrogen-bond acceptors (Lipinski definition) is 5. The molecule has 0 fully saturated rings. The molecule has 0 unspecified atom stereocenters. The van der Waals surface area contributed by atoms with Crippen molar-refractivity contribution in [2.75, 3.05) is 6.54 Å². The standard InChI is InChI=1S/C10H13BrN4O2S2/c11-10-9(3-8(4-12)18-10)19(16,17)15-2-1-7-5-13-6-14-7/h3,5-6,15H,1-2,4,12H2,(H,13,14). The molecule has 0 atom stereocenters. The predicted molar refractivity (Wildman–Crippen MR) is 77.4 cm³/mol. The smallest absolute Gasteiger partial charge is 0.242 e. The number of aromatic amines is 1. The molecule has 0 spiro atoms. The number of imidazole rings is 1. The summed E-state index contributed by atoms with van der Waals surface area (Å²) in [6.07, 6.45) is 3.79. The monoisotopic (exact) mass is 364 g/mol. The third kappa shape index (κ3) is 3.63. The summed E-state index contributed by atoms with van der Waals surface area (Å²) in [7, 11) is -3.51. The molecule has 2 aromatic heterocycles. The average Bonchev–Trinajstić information content (AvgIpc) is 2.98. The quantitative estimate of drug-likeness (QED) is 0.716. The first-order valence-electron chi connectivity index (χ1n) is 5.48. The fourth-order valence-electron chi connectivity index (χ4n) is 1.50. The van der Waals surface area contributed by atoms with Gasteiger partial charge in [0.2, 0.25) is 10.0 Å². The Morgan fingerprint density at radius 1 is 1.53 bits per heavy atom. The van der Waals surface area contributed by atoms with E-state index in [4.69, 9.17) is 5.73 Å². The molecule has 0 aliphatic carbocycles. The van der Waals surface area contributed by atoms with Crippen LogP contribution in [-0.4, -0.2) is 24.9 Å². The van der Waals surface area contributed by atoms with Crippen LogP contribution in [-0.2, 0) is 23.0 Å². The van der Waals surface area contributed by atoms with Crippen LogP contribution in [0.1, 0.15) is 10.6 Å². The van der Waals surface area contributed by atoms with Crippen LogP contribution in [0, 0.1) is 0 Å². The van der Waals surface area contributed by atoms with Crippen LogP contribution in [0.15, 0.2) is 27.3 Å². The van der Waals surface area contributed by atoms with Gasteiger partial charge in [-0.1, -0.05) is 0 Å². The molecule has 19 heavy (non-hydrogen) atoms. The fraction of sp³-hybridized carbons (Fsp3) is 0.300. The van der Waals surface area contributed by atoms with Gasteiger partial charge in [-0.25, -0.2) is 18.1 Å². The van der Waals surface area contributed by atoms with E-state index in [1.807, 2.05) is 0 Å². The molecule has 2 heterocycles. The Morgan fingerprint density at radius 3 is 2.89 bits per heavy atom. The van der Waals surface area contributed by atoms with Crippen molar-refractivity contribution in [1.29, 1.82) is 0 Å². The summed E-state index contributed by atoms with van der Waals surface area (Å²) in [5, 5.41) is 0. The molecule has 0 amide bonds. The number of rotatable bonds is 6. The van der Waals surface area contributed by atoms with Gasteiger partial charge in [-0.05, 0) is 22.0 Å². The Morgan fingerprint density at radius 2 is 2.32 bits per heavy atom. The average molecular weight is 365 g/mol. The van der Waals surface area contributed by atoms with Gasteiger partial charge in [0.1, 0.15) is 4.90 Å². The van der Waals surface area contributed by atoms with E-state index in [9.17, 15) is 8.42 Å². The van der Waals surface area contributed by atoms with E-state index in [-0.39, 0.29) is 4.90 Å². The van der Waals surface area contributed by atoms with Crippen LogP contribution in [0.4, 0.5) is 0 Å². The Labute approximate surface area is 123 Å². The van der Waals surface area contributed by atoms with Crippen LogP contribution < -0.4 is 10.5 Å². The molecule has 0 bridgehead atoms. The molecule has 2 rings (SSSR count). The van der Waals surface area contributed by atoms with E-state index in [2.05, 4.69) is 30.6 Å². The topological polar surface area (TPSA) is 101 Å². The minimum Gasteiger partial charge on any atom is -0.348 e. The molecular weight excluding hydrogens is 352 g/mol. The predicted octanol–water partition coefficient (Wildman–Crippen LogP) is 1.21. The number of nitrogens with zero attached hydrogens (tertiary/aromatic N) is 1. The molecule has 0 aliphatic rings. The number of aromatic nitrogens is 2. The van der Waals surface area contributed by atoms with E-state index in [1.54, 1.807) is 18.6 Å². The van der Waals surface area contributed by atoms with E-state index >= 15 is 0 Å². The molecule has 0 saturated heterocycles. The zero-order valence-electron chi connectivity index (χ0n) is 9.89. The minimum atomic E-state index is -3.51. The van der Waals surface area contributed by atoms with Crippen LogP contribution in [0.5, 0.6) is 0 Å². The fourth-order valence-corrected chi connectivity index (χ4v) is 5.09. The number of H-pyrrole nitrogens is 1. The van der Waals surface area contributed by atoms with Gasteiger partial charge in [0.15, 0.2) is 0 Å².